The van der Waals surface area contributed by atoms with Gasteiger partial charge in [-0.05, 0) is 49.2 Å². The molecule has 0 spiro atoms. The lowest BCUT2D eigenvalue weighted by molar-refractivity contribution is 0.168. The minimum Gasteiger partial charge on any atom is -0.307 e. The van der Waals surface area contributed by atoms with Gasteiger partial charge in [0.25, 0.3) is 0 Å². The Hall–Kier alpha value is -1.38. The van der Waals surface area contributed by atoms with Gasteiger partial charge in [0.15, 0.2) is 0 Å². The molecule has 1 N–H and O–H groups in total. The van der Waals surface area contributed by atoms with Crippen LogP contribution in [0.5, 0.6) is 0 Å². The number of piperidine rings is 1. The minimum absolute atomic E-state index is 0.395. The molecule has 0 aliphatic carbocycles. The van der Waals surface area contributed by atoms with Crippen LogP contribution in [0.15, 0.2) is 42.5 Å². The second-order valence-electron chi connectivity index (χ2n) is 6.59. The van der Waals surface area contributed by atoms with Crippen LogP contribution in [0.2, 0.25) is 0 Å². The predicted octanol–water partition coefficient (Wildman–Crippen LogP) is 3.83. The third-order valence-electron chi connectivity index (χ3n) is 4.86. The highest BCUT2D eigenvalue weighted by Gasteiger charge is 2.25. The van der Waals surface area contributed by atoms with Gasteiger partial charge >= 0.3 is 0 Å². The molecule has 1 fully saturated rings. The molecular weight excluding hydrogens is 256 g/mol. The van der Waals surface area contributed by atoms with Gasteiger partial charge < -0.3 is 10.2 Å². The summed E-state index contributed by atoms with van der Waals surface area (Å²) in [5.74, 6) is 0.709. The first-order chi connectivity index (χ1) is 10.1. The molecule has 1 heterocycles. The molecule has 2 nitrogen and oxygen atoms in total. The molecule has 1 aliphatic rings. The summed E-state index contributed by atoms with van der Waals surface area (Å²) < 4.78 is 0. The van der Waals surface area contributed by atoms with Crippen molar-refractivity contribution in [1.82, 2.24) is 10.2 Å². The van der Waals surface area contributed by atoms with Crippen LogP contribution in [0.25, 0.3) is 10.8 Å². The number of nitrogens with one attached hydrogen (secondary N) is 1. The van der Waals surface area contributed by atoms with Crippen molar-refractivity contribution in [1.29, 1.82) is 0 Å². The standard InChI is InChI=1S/C19H26N2/c1-14-13-21(3)12-11-19(14)20-15(2)17-10-6-8-16-7-4-5-9-18(16)17/h4-10,14-15,19-20H,11-13H2,1-3H3. The van der Waals surface area contributed by atoms with Crippen molar-refractivity contribution in [2.45, 2.75) is 32.4 Å². The minimum atomic E-state index is 0.395. The van der Waals surface area contributed by atoms with Crippen LogP contribution < -0.4 is 5.32 Å². The number of rotatable bonds is 3. The summed E-state index contributed by atoms with van der Waals surface area (Å²) in [6.45, 7) is 7.06. The molecule has 2 heteroatoms. The van der Waals surface area contributed by atoms with Crippen LogP contribution in [-0.4, -0.2) is 31.1 Å². The van der Waals surface area contributed by atoms with E-state index in [1.54, 1.807) is 0 Å². The first-order valence-electron chi connectivity index (χ1n) is 8.07. The molecule has 0 amide bonds. The lowest BCUT2D eigenvalue weighted by atomic mass is 9.92. The Balaban J connectivity index is 1.79. The number of fused-ring (bicyclic) bond motifs is 1. The molecule has 0 bridgehead atoms. The normalized spacial score (nSPS) is 25.1. The van der Waals surface area contributed by atoms with E-state index in [0.29, 0.717) is 18.0 Å². The third kappa shape index (κ3) is 3.12. The number of hydrogen-bond acceptors (Lipinski definition) is 2. The van der Waals surface area contributed by atoms with Gasteiger partial charge in [-0.1, -0.05) is 49.4 Å². The van der Waals surface area contributed by atoms with Gasteiger partial charge in [0.1, 0.15) is 0 Å². The lowest BCUT2D eigenvalue weighted by Crippen LogP contribution is -2.47. The van der Waals surface area contributed by atoms with Gasteiger partial charge in [0, 0.05) is 18.6 Å². The highest BCUT2D eigenvalue weighted by molar-refractivity contribution is 5.86. The molecular formula is C19H26N2. The maximum absolute atomic E-state index is 3.87. The Morgan fingerprint density at radius 2 is 1.90 bits per heavy atom. The van der Waals surface area contributed by atoms with E-state index in [1.807, 2.05) is 0 Å². The molecule has 3 unspecified atom stereocenters. The number of benzene rings is 2. The topological polar surface area (TPSA) is 15.3 Å². The van der Waals surface area contributed by atoms with Crippen LogP contribution >= 0.6 is 0 Å². The quantitative estimate of drug-likeness (QED) is 0.920. The first-order valence-corrected chi connectivity index (χ1v) is 8.07. The summed E-state index contributed by atoms with van der Waals surface area (Å²) in [4.78, 5) is 2.44. The summed E-state index contributed by atoms with van der Waals surface area (Å²) in [7, 11) is 2.22. The first kappa shape index (κ1) is 14.6. The average Bonchev–Trinajstić information content (AvgIpc) is 2.49. The summed E-state index contributed by atoms with van der Waals surface area (Å²) in [5, 5.41) is 6.58. The van der Waals surface area contributed by atoms with E-state index in [9.17, 15) is 0 Å². The summed E-state index contributed by atoms with van der Waals surface area (Å²) >= 11 is 0. The van der Waals surface area contributed by atoms with Gasteiger partial charge in [-0.2, -0.15) is 0 Å². The van der Waals surface area contributed by atoms with E-state index in [2.05, 4.69) is 73.6 Å². The zero-order chi connectivity index (χ0) is 14.8. The number of hydrogen-bond donors (Lipinski definition) is 1. The van der Waals surface area contributed by atoms with Crippen molar-refractivity contribution in [2.75, 3.05) is 20.1 Å². The Bertz CT molecular complexity index is 602. The van der Waals surface area contributed by atoms with Crippen molar-refractivity contribution in [3.05, 3.63) is 48.0 Å². The predicted molar refractivity (Wildman–Crippen MR) is 90.6 cm³/mol. The van der Waals surface area contributed by atoms with Crippen LogP contribution in [0.3, 0.4) is 0 Å². The Morgan fingerprint density at radius 1 is 1.14 bits per heavy atom. The fourth-order valence-corrected chi connectivity index (χ4v) is 3.64. The van der Waals surface area contributed by atoms with Crippen LogP contribution in [-0.2, 0) is 0 Å². The van der Waals surface area contributed by atoms with Gasteiger partial charge in [-0.25, -0.2) is 0 Å². The summed E-state index contributed by atoms with van der Waals surface area (Å²) in [5.41, 5.74) is 1.42. The fourth-order valence-electron chi connectivity index (χ4n) is 3.64. The zero-order valence-electron chi connectivity index (χ0n) is 13.3. The van der Waals surface area contributed by atoms with Crippen molar-refractivity contribution in [3.63, 3.8) is 0 Å². The highest BCUT2D eigenvalue weighted by Crippen LogP contribution is 2.26. The second-order valence-corrected chi connectivity index (χ2v) is 6.59. The lowest BCUT2D eigenvalue weighted by Gasteiger charge is -2.37. The van der Waals surface area contributed by atoms with Gasteiger partial charge in [-0.15, -0.1) is 0 Å². The van der Waals surface area contributed by atoms with Gasteiger partial charge in [0.2, 0.25) is 0 Å². The molecule has 0 radical (unpaired) electrons. The molecule has 3 atom stereocenters. The molecule has 0 aromatic heterocycles. The molecule has 2 aromatic rings. The Morgan fingerprint density at radius 3 is 2.71 bits per heavy atom. The van der Waals surface area contributed by atoms with Crippen molar-refractivity contribution in [3.8, 4) is 0 Å². The van der Waals surface area contributed by atoms with Gasteiger partial charge in [0.05, 0.1) is 0 Å². The number of nitrogens with zero attached hydrogens (tertiary/aromatic N) is 1. The van der Waals surface area contributed by atoms with E-state index in [0.717, 1.165) is 0 Å². The van der Waals surface area contributed by atoms with Gasteiger partial charge in [-0.3, -0.25) is 0 Å². The second kappa shape index (κ2) is 6.17. The Kier molecular flexibility index (Phi) is 4.27. The van der Waals surface area contributed by atoms with Crippen molar-refractivity contribution < 1.29 is 0 Å². The van der Waals surface area contributed by atoms with Crippen LogP contribution in [0, 0.1) is 5.92 Å². The molecule has 2 aromatic carbocycles. The largest absolute Gasteiger partial charge is 0.307 e. The monoisotopic (exact) mass is 282 g/mol. The molecule has 112 valence electrons. The van der Waals surface area contributed by atoms with E-state index < -0.39 is 0 Å². The van der Waals surface area contributed by atoms with Crippen LogP contribution in [0.4, 0.5) is 0 Å². The van der Waals surface area contributed by atoms with E-state index >= 15 is 0 Å². The summed E-state index contributed by atoms with van der Waals surface area (Å²) in [6, 6.07) is 16.3. The molecule has 0 saturated carbocycles. The highest BCUT2D eigenvalue weighted by atomic mass is 15.1. The van der Waals surface area contributed by atoms with E-state index in [1.165, 1.54) is 35.8 Å². The third-order valence-corrected chi connectivity index (χ3v) is 4.86. The number of likely N-dealkylation sites (tertiary alicyclic amines) is 1. The maximum Gasteiger partial charge on any atom is 0.0300 e. The SMILES string of the molecule is CC(NC1CCN(C)CC1C)c1cccc2ccccc12. The molecule has 1 saturated heterocycles. The molecule has 21 heavy (non-hydrogen) atoms. The smallest absolute Gasteiger partial charge is 0.0300 e. The van der Waals surface area contributed by atoms with Crippen molar-refractivity contribution in [2.24, 2.45) is 5.92 Å². The van der Waals surface area contributed by atoms with Crippen molar-refractivity contribution >= 4 is 10.8 Å². The summed E-state index contributed by atoms with van der Waals surface area (Å²) in [6.07, 6.45) is 1.24. The van der Waals surface area contributed by atoms with Crippen LogP contribution in [0.1, 0.15) is 31.9 Å². The fraction of sp³-hybridized carbons (Fsp3) is 0.474. The van der Waals surface area contributed by atoms with E-state index in [-0.39, 0.29) is 0 Å². The molecule has 3 rings (SSSR count). The average molecular weight is 282 g/mol. The Labute approximate surface area is 128 Å². The van der Waals surface area contributed by atoms with E-state index in [4.69, 9.17) is 0 Å². The molecule has 1 aliphatic heterocycles. The zero-order valence-corrected chi connectivity index (χ0v) is 13.3. The maximum atomic E-state index is 3.87.